The fraction of sp³-hybridized carbons (Fsp3) is 0.304. The highest BCUT2D eigenvalue weighted by molar-refractivity contribution is 6.15. The SMILES string of the molecule is CCc1ccc(C(=O)COC(=O)C23CCC(=O)N2c2ccccc2C(=O)N3C)cc1. The number of hydrogen-bond acceptors (Lipinski definition) is 5. The summed E-state index contributed by atoms with van der Waals surface area (Å²) in [6.07, 6.45) is 1.08. The second-order valence-corrected chi connectivity index (χ2v) is 7.48. The maximum absolute atomic E-state index is 13.2. The van der Waals surface area contributed by atoms with Crippen LogP contribution in [0.15, 0.2) is 48.5 Å². The smallest absolute Gasteiger partial charge is 0.354 e. The molecule has 154 valence electrons. The first-order chi connectivity index (χ1) is 14.4. The van der Waals surface area contributed by atoms with E-state index < -0.39 is 18.2 Å². The van der Waals surface area contributed by atoms with Crippen LogP contribution in [0, 0.1) is 0 Å². The summed E-state index contributed by atoms with van der Waals surface area (Å²) in [6.45, 7) is 1.56. The lowest BCUT2D eigenvalue weighted by molar-refractivity contribution is -0.155. The van der Waals surface area contributed by atoms with Gasteiger partial charge in [0, 0.05) is 25.5 Å². The second-order valence-electron chi connectivity index (χ2n) is 7.48. The number of hydrogen-bond donors (Lipinski definition) is 0. The van der Waals surface area contributed by atoms with Crippen LogP contribution < -0.4 is 4.90 Å². The fourth-order valence-corrected chi connectivity index (χ4v) is 4.15. The van der Waals surface area contributed by atoms with Crippen LogP contribution in [-0.2, 0) is 20.7 Å². The number of benzene rings is 2. The number of carbonyl (C=O) groups is 4. The molecule has 0 aromatic heterocycles. The number of ether oxygens (including phenoxy) is 1. The molecule has 2 aliphatic rings. The summed E-state index contributed by atoms with van der Waals surface area (Å²) in [7, 11) is 1.48. The molecule has 2 aliphatic heterocycles. The highest BCUT2D eigenvalue weighted by Crippen LogP contribution is 2.44. The average molecular weight is 406 g/mol. The van der Waals surface area contributed by atoms with E-state index in [0.29, 0.717) is 16.8 Å². The number of aryl methyl sites for hydroxylation is 1. The van der Waals surface area contributed by atoms with Crippen LogP contribution in [-0.4, -0.2) is 47.8 Å². The molecule has 1 fully saturated rings. The second kappa shape index (κ2) is 7.40. The lowest BCUT2D eigenvalue weighted by atomic mass is 9.97. The Labute approximate surface area is 174 Å². The fourth-order valence-electron chi connectivity index (χ4n) is 4.15. The van der Waals surface area contributed by atoms with Crippen molar-refractivity contribution in [1.82, 2.24) is 4.90 Å². The molecule has 4 rings (SSSR count). The summed E-state index contributed by atoms with van der Waals surface area (Å²) in [5, 5.41) is 0. The summed E-state index contributed by atoms with van der Waals surface area (Å²) in [4.78, 5) is 53.8. The maximum Gasteiger partial charge on any atom is 0.354 e. The Morgan fingerprint density at radius 2 is 1.77 bits per heavy atom. The van der Waals surface area contributed by atoms with Gasteiger partial charge in [0.25, 0.3) is 5.91 Å². The van der Waals surface area contributed by atoms with Gasteiger partial charge in [-0.1, -0.05) is 43.3 Å². The molecule has 0 saturated carbocycles. The van der Waals surface area contributed by atoms with E-state index in [1.807, 2.05) is 19.1 Å². The van der Waals surface area contributed by atoms with E-state index >= 15 is 0 Å². The molecular weight excluding hydrogens is 384 g/mol. The van der Waals surface area contributed by atoms with Gasteiger partial charge < -0.3 is 9.64 Å². The molecule has 1 atom stereocenters. The van der Waals surface area contributed by atoms with Crippen molar-refractivity contribution in [2.45, 2.75) is 31.8 Å². The van der Waals surface area contributed by atoms with E-state index in [9.17, 15) is 19.2 Å². The third kappa shape index (κ3) is 2.89. The van der Waals surface area contributed by atoms with Gasteiger partial charge in [0.2, 0.25) is 11.6 Å². The van der Waals surface area contributed by atoms with Crippen LogP contribution in [0.25, 0.3) is 0 Å². The van der Waals surface area contributed by atoms with Gasteiger partial charge >= 0.3 is 5.97 Å². The highest BCUT2D eigenvalue weighted by atomic mass is 16.5. The number of esters is 1. The quantitative estimate of drug-likeness (QED) is 0.563. The first-order valence-corrected chi connectivity index (χ1v) is 9.89. The zero-order valence-electron chi connectivity index (χ0n) is 16.9. The van der Waals surface area contributed by atoms with Gasteiger partial charge in [-0.05, 0) is 24.1 Å². The summed E-state index contributed by atoms with van der Waals surface area (Å²) >= 11 is 0. The number of amides is 2. The van der Waals surface area contributed by atoms with Gasteiger partial charge in [-0.25, -0.2) is 4.79 Å². The molecule has 0 N–H and O–H groups in total. The molecular formula is C23H22N2O5. The Bertz CT molecular complexity index is 1050. The molecule has 2 aromatic carbocycles. The van der Waals surface area contributed by atoms with Crippen LogP contribution in [0.1, 0.15) is 46.0 Å². The van der Waals surface area contributed by atoms with E-state index in [-0.39, 0.29) is 30.4 Å². The van der Waals surface area contributed by atoms with E-state index in [1.54, 1.807) is 36.4 Å². The number of carbonyl (C=O) groups excluding carboxylic acids is 4. The molecule has 0 bridgehead atoms. The monoisotopic (exact) mass is 406 g/mol. The Hall–Kier alpha value is -3.48. The molecule has 2 heterocycles. The Morgan fingerprint density at radius 1 is 1.07 bits per heavy atom. The van der Waals surface area contributed by atoms with Gasteiger partial charge in [0.05, 0.1) is 11.3 Å². The van der Waals surface area contributed by atoms with E-state index in [4.69, 9.17) is 4.74 Å². The van der Waals surface area contributed by atoms with Crippen LogP contribution in [0.5, 0.6) is 0 Å². The molecule has 1 saturated heterocycles. The van der Waals surface area contributed by atoms with Gasteiger partial charge in [0.15, 0.2) is 12.4 Å². The summed E-state index contributed by atoms with van der Waals surface area (Å²) < 4.78 is 5.36. The molecule has 7 heteroatoms. The first-order valence-electron chi connectivity index (χ1n) is 9.89. The van der Waals surface area contributed by atoms with Crippen molar-refractivity contribution in [3.63, 3.8) is 0 Å². The minimum absolute atomic E-state index is 0.105. The topological polar surface area (TPSA) is 84.0 Å². The number of fused-ring (bicyclic) bond motifs is 3. The Kier molecular flexibility index (Phi) is 4.89. The predicted octanol–water partition coefficient (Wildman–Crippen LogP) is 2.58. The number of anilines is 1. The first kappa shape index (κ1) is 19.8. The van der Waals surface area contributed by atoms with Crippen molar-refractivity contribution >= 4 is 29.3 Å². The molecule has 0 radical (unpaired) electrons. The van der Waals surface area contributed by atoms with Crippen molar-refractivity contribution in [3.05, 3.63) is 65.2 Å². The number of para-hydroxylation sites is 1. The summed E-state index contributed by atoms with van der Waals surface area (Å²) in [5.41, 5.74) is 0.709. The third-order valence-corrected chi connectivity index (χ3v) is 5.89. The summed E-state index contributed by atoms with van der Waals surface area (Å²) in [5.74, 6) is -1.75. The van der Waals surface area contributed by atoms with E-state index in [2.05, 4.69) is 0 Å². The number of ketones is 1. The molecule has 2 amide bonds. The molecule has 7 nitrogen and oxygen atoms in total. The third-order valence-electron chi connectivity index (χ3n) is 5.89. The standard InChI is InChI=1S/C23H22N2O5/c1-3-15-8-10-16(11-9-15)19(26)14-30-22(29)23-13-12-20(27)25(23)18-7-5-4-6-17(18)21(28)24(23)2/h4-11H,3,12-14H2,1-2H3. The predicted molar refractivity (Wildman–Crippen MR) is 109 cm³/mol. The van der Waals surface area contributed by atoms with Gasteiger partial charge in [-0.15, -0.1) is 0 Å². The normalized spacial score (nSPS) is 20.1. The minimum Gasteiger partial charge on any atom is -0.454 e. The van der Waals surface area contributed by atoms with Gasteiger partial charge in [0.1, 0.15) is 0 Å². The van der Waals surface area contributed by atoms with Gasteiger partial charge in [-0.3, -0.25) is 19.3 Å². The lowest BCUT2D eigenvalue weighted by Crippen LogP contribution is -2.67. The average Bonchev–Trinajstić information content (AvgIpc) is 3.14. The van der Waals surface area contributed by atoms with Crippen molar-refractivity contribution in [3.8, 4) is 0 Å². The van der Waals surface area contributed by atoms with Crippen LogP contribution in [0.4, 0.5) is 5.69 Å². The van der Waals surface area contributed by atoms with Crippen LogP contribution in [0.2, 0.25) is 0 Å². The highest BCUT2D eigenvalue weighted by Gasteiger charge is 2.60. The van der Waals surface area contributed by atoms with Crippen LogP contribution >= 0.6 is 0 Å². The van der Waals surface area contributed by atoms with E-state index in [1.165, 1.54) is 16.8 Å². The molecule has 1 unspecified atom stereocenters. The van der Waals surface area contributed by atoms with E-state index in [0.717, 1.165) is 12.0 Å². The molecule has 0 aliphatic carbocycles. The number of likely N-dealkylation sites (N-methyl/N-ethyl adjacent to an activating group) is 1. The van der Waals surface area contributed by atoms with Crippen molar-refractivity contribution in [2.75, 3.05) is 18.6 Å². The van der Waals surface area contributed by atoms with Gasteiger partial charge in [-0.2, -0.15) is 0 Å². The number of Topliss-reactive ketones (excluding diaryl/α,β-unsaturated/α-hetero) is 1. The minimum atomic E-state index is -1.57. The maximum atomic E-state index is 13.2. The zero-order chi connectivity index (χ0) is 21.5. The van der Waals surface area contributed by atoms with Crippen molar-refractivity contribution < 1.29 is 23.9 Å². The molecule has 30 heavy (non-hydrogen) atoms. The number of nitrogens with zero attached hydrogens (tertiary/aromatic N) is 2. The summed E-state index contributed by atoms with van der Waals surface area (Å²) in [6, 6.07) is 13.8. The molecule has 2 aromatic rings. The zero-order valence-corrected chi connectivity index (χ0v) is 16.9. The van der Waals surface area contributed by atoms with Crippen molar-refractivity contribution in [2.24, 2.45) is 0 Å². The largest absolute Gasteiger partial charge is 0.454 e. The number of rotatable bonds is 5. The Balaban J connectivity index is 1.60. The van der Waals surface area contributed by atoms with Crippen molar-refractivity contribution in [1.29, 1.82) is 0 Å². The Morgan fingerprint density at radius 3 is 2.47 bits per heavy atom. The molecule has 0 spiro atoms. The van der Waals surface area contributed by atoms with Crippen LogP contribution in [0.3, 0.4) is 0 Å². The lowest BCUT2D eigenvalue weighted by Gasteiger charge is -2.46.